The van der Waals surface area contributed by atoms with Crippen LogP contribution < -0.4 is 7.62 Å². The molecule has 1 heterocycles. The van der Waals surface area contributed by atoms with E-state index in [-0.39, 0.29) is 6.04 Å². The van der Waals surface area contributed by atoms with Gasteiger partial charge >= 0.3 is 182 Å². The van der Waals surface area contributed by atoms with Crippen molar-refractivity contribution < 1.29 is 8.42 Å². The second-order valence-electron chi connectivity index (χ2n) is 8.19. The van der Waals surface area contributed by atoms with Gasteiger partial charge in [-0.05, 0) is 0 Å². The summed E-state index contributed by atoms with van der Waals surface area (Å²) in [7, 11) is -3.14. The second-order valence-corrected chi connectivity index (χ2v) is 17.4. The number of fused-ring (bicyclic) bond motifs is 1. The van der Waals surface area contributed by atoms with E-state index in [0.29, 0.717) is 3.43 Å². The standard InChI is InChI=1S/C13H27.C8H10NO2S2.Sn/c1-4-7-10-13(11-8-5-2)12-9-6-3;1-13(10,11)9-7-2-3-8-6(7)4-5-12-8;/h4-12H2,1-3H3;4,7,9H,2-3H2,1H3;. The molecule has 0 fully saturated rings. The maximum atomic E-state index is 11.7. The van der Waals surface area contributed by atoms with Gasteiger partial charge in [0, 0.05) is 0 Å². The van der Waals surface area contributed by atoms with Crippen LogP contribution in [0.1, 0.15) is 101 Å². The minimum absolute atomic E-state index is 0.00991. The molecular weight excluding hydrogens is 481 g/mol. The molecule has 0 saturated carbocycles. The van der Waals surface area contributed by atoms with E-state index in [0.717, 1.165) is 12.8 Å². The van der Waals surface area contributed by atoms with Crippen LogP contribution in [0.25, 0.3) is 0 Å². The van der Waals surface area contributed by atoms with Crippen molar-refractivity contribution in [1.29, 1.82) is 0 Å². The molecule has 1 aliphatic carbocycles. The van der Waals surface area contributed by atoms with Crippen LogP contribution >= 0.6 is 11.3 Å². The van der Waals surface area contributed by atoms with E-state index < -0.39 is 31.2 Å². The van der Waals surface area contributed by atoms with Crippen molar-refractivity contribution in [3.63, 3.8) is 0 Å². The van der Waals surface area contributed by atoms with Gasteiger partial charge in [-0.2, -0.15) is 0 Å². The normalized spacial score (nSPS) is 17.4. The summed E-state index contributed by atoms with van der Waals surface area (Å²) < 4.78 is 28.5. The van der Waals surface area contributed by atoms with Gasteiger partial charge in [-0.3, -0.25) is 0 Å². The van der Waals surface area contributed by atoms with Crippen molar-refractivity contribution >= 4 is 45.4 Å². The molecule has 3 nitrogen and oxygen atoms in total. The fourth-order valence-corrected chi connectivity index (χ4v) is 13.6. The van der Waals surface area contributed by atoms with E-state index >= 15 is 0 Å². The number of nitrogens with one attached hydrogen (secondary N) is 1. The Kier molecular flexibility index (Phi) is 9.63. The van der Waals surface area contributed by atoms with E-state index in [4.69, 9.17) is 0 Å². The first-order valence-corrected chi connectivity index (χ1v) is 16.3. The Labute approximate surface area is 181 Å². The third-order valence-electron chi connectivity index (χ3n) is 5.65. The average molecular weight is 518 g/mol. The predicted molar refractivity (Wildman–Crippen MR) is 120 cm³/mol. The Hall–Kier alpha value is 0.409. The molecule has 0 aromatic carbocycles. The fraction of sp³-hybridized carbons (Fsp3) is 0.810. The van der Waals surface area contributed by atoms with Gasteiger partial charge in [-0.1, -0.05) is 0 Å². The van der Waals surface area contributed by atoms with E-state index in [9.17, 15) is 8.42 Å². The molecule has 27 heavy (non-hydrogen) atoms. The van der Waals surface area contributed by atoms with E-state index in [1.165, 1.54) is 74.5 Å². The van der Waals surface area contributed by atoms with Crippen molar-refractivity contribution in [2.75, 3.05) is 6.26 Å². The van der Waals surface area contributed by atoms with Gasteiger partial charge in [-0.15, -0.1) is 0 Å². The Bertz CT molecular complexity index is 663. The van der Waals surface area contributed by atoms with Crippen molar-refractivity contribution in [3.8, 4) is 0 Å². The molecule has 1 N–H and O–H groups in total. The number of thiophene rings is 1. The molecule has 1 aromatic heterocycles. The van der Waals surface area contributed by atoms with Crippen LogP contribution in [0.4, 0.5) is 0 Å². The fourth-order valence-electron chi connectivity index (χ4n) is 4.18. The van der Waals surface area contributed by atoms with Gasteiger partial charge in [-0.25, -0.2) is 0 Å². The van der Waals surface area contributed by atoms with Gasteiger partial charge in [0.1, 0.15) is 0 Å². The molecule has 1 aromatic rings. The van der Waals surface area contributed by atoms with Crippen LogP contribution in [-0.2, 0) is 16.4 Å². The van der Waals surface area contributed by atoms with Gasteiger partial charge in [0.05, 0.1) is 0 Å². The van der Waals surface area contributed by atoms with Gasteiger partial charge in [0.25, 0.3) is 0 Å². The van der Waals surface area contributed by atoms with Crippen LogP contribution in [0, 0.1) is 0 Å². The van der Waals surface area contributed by atoms with Crippen molar-refractivity contribution in [3.05, 3.63) is 16.5 Å². The van der Waals surface area contributed by atoms with Gasteiger partial charge in [0.2, 0.25) is 0 Å². The number of aryl methyl sites for hydroxylation is 1. The molecule has 1 atom stereocenters. The Balaban J connectivity index is 2.20. The molecule has 2 rings (SSSR count). The Morgan fingerprint density at radius 2 is 1.67 bits per heavy atom. The third kappa shape index (κ3) is 7.31. The zero-order chi connectivity index (χ0) is 19.9. The summed E-state index contributed by atoms with van der Waals surface area (Å²) in [6, 6.07) is 2.41. The molecule has 2 radical (unpaired) electrons. The molecule has 0 aliphatic heterocycles. The summed E-state index contributed by atoms with van der Waals surface area (Å²) in [5.74, 6) is 0. The van der Waals surface area contributed by atoms with Crippen molar-refractivity contribution in [2.24, 2.45) is 0 Å². The Morgan fingerprint density at radius 1 is 1.11 bits per heavy atom. The molecular formula is C21H37NO2S2Sn. The molecule has 154 valence electrons. The zero-order valence-electron chi connectivity index (χ0n) is 17.6. The van der Waals surface area contributed by atoms with Crippen LogP contribution in [0.5, 0.6) is 0 Å². The molecule has 1 unspecified atom stereocenters. The van der Waals surface area contributed by atoms with Crippen LogP contribution in [0.15, 0.2) is 6.07 Å². The number of sulfonamides is 1. The van der Waals surface area contributed by atoms with Gasteiger partial charge < -0.3 is 0 Å². The summed E-state index contributed by atoms with van der Waals surface area (Å²) in [5, 5.41) is 0. The van der Waals surface area contributed by atoms with Crippen LogP contribution in [0.3, 0.4) is 0 Å². The zero-order valence-corrected chi connectivity index (χ0v) is 22.1. The first-order valence-electron chi connectivity index (χ1n) is 10.7. The van der Waals surface area contributed by atoms with Crippen molar-refractivity contribution in [2.45, 2.75) is 101 Å². The van der Waals surface area contributed by atoms with Crippen LogP contribution in [0.2, 0.25) is 3.43 Å². The second kappa shape index (κ2) is 11.0. The predicted octanol–water partition coefficient (Wildman–Crippen LogP) is 5.34. The first-order chi connectivity index (χ1) is 12.8. The van der Waals surface area contributed by atoms with Gasteiger partial charge in [0.15, 0.2) is 0 Å². The molecule has 0 saturated heterocycles. The summed E-state index contributed by atoms with van der Waals surface area (Å²) in [5.41, 5.74) is 1.29. The minimum atomic E-state index is -3.14. The number of hydrogen-bond donors (Lipinski definition) is 1. The molecule has 1 aliphatic rings. The van der Waals surface area contributed by atoms with E-state index in [2.05, 4.69) is 31.6 Å². The summed E-state index contributed by atoms with van der Waals surface area (Å²) in [4.78, 5) is 1.45. The Morgan fingerprint density at radius 3 is 2.15 bits per heavy atom. The van der Waals surface area contributed by atoms with E-state index in [1.54, 1.807) is 2.89 Å². The topological polar surface area (TPSA) is 46.2 Å². The first kappa shape index (κ1) is 23.7. The SMILES string of the molecule is CCCC[C](CCCC)(CCCC)[Sn][c]1cc2c(s1)CCC2NS(C)(=O)=O. The summed E-state index contributed by atoms with van der Waals surface area (Å²) in [6.45, 7) is 6.95. The number of unbranched alkanes of at least 4 members (excludes halogenated alkanes) is 3. The number of rotatable bonds is 13. The summed E-state index contributed by atoms with van der Waals surface area (Å²) >= 11 is 1.31. The van der Waals surface area contributed by atoms with E-state index in [1.807, 2.05) is 11.3 Å². The van der Waals surface area contributed by atoms with Crippen molar-refractivity contribution in [1.82, 2.24) is 4.72 Å². The molecule has 0 spiro atoms. The molecule has 0 amide bonds. The molecule has 0 bridgehead atoms. The average Bonchev–Trinajstić information content (AvgIpc) is 3.16. The number of hydrogen-bond acceptors (Lipinski definition) is 3. The monoisotopic (exact) mass is 519 g/mol. The third-order valence-corrected chi connectivity index (χ3v) is 13.7. The van der Waals surface area contributed by atoms with Crippen LogP contribution in [-0.4, -0.2) is 35.8 Å². The summed E-state index contributed by atoms with van der Waals surface area (Å²) in [6.07, 6.45) is 15.4. The quantitative estimate of drug-likeness (QED) is 0.359. The molecule has 6 heteroatoms. The maximum absolute atomic E-state index is 11.7.